The van der Waals surface area contributed by atoms with Gasteiger partial charge in [-0.1, -0.05) is 6.07 Å². The molecule has 120 valence electrons. The zero-order valence-corrected chi connectivity index (χ0v) is 16.0. The van der Waals surface area contributed by atoms with Crippen molar-refractivity contribution in [1.29, 1.82) is 0 Å². The molecule has 0 saturated heterocycles. The minimum absolute atomic E-state index is 0.0722. The van der Waals surface area contributed by atoms with E-state index < -0.39 is 0 Å². The van der Waals surface area contributed by atoms with Crippen LogP contribution in [-0.2, 0) is 13.1 Å². The third-order valence-electron chi connectivity index (χ3n) is 1.96. The van der Waals surface area contributed by atoms with Crippen molar-refractivity contribution in [3.8, 4) is 0 Å². The first kappa shape index (κ1) is 20.6. The molecule has 0 spiro atoms. The molecule has 1 rings (SSSR count). The molecule has 0 fully saturated rings. The van der Waals surface area contributed by atoms with Crippen molar-refractivity contribution in [2.75, 3.05) is 0 Å². The van der Waals surface area contributed by atoms with Gasteiger partial charge in [-0.25, -0.2) is 4.98 Å². The predicted molar refractivity (Wildman–Crippen MR) is 90.6 cm³/mol. The van der Waals surface area contributed by atoms with Gasteiger partial charge < -0.3 is 0 Å². The average Bonchev–Trinajstić information content (AvgIpc) is 2.34. The molecule has 0 aliphatic heterocycles. The molecule has 1 aromatic heterocycles. The molecule has 0 N–H and O–H groups in total. The summed E-state index contributed by atoms with van der Waals surface area (Å²) in [7, 11) is 9.53. The summed E-state index contributed by atoms with van der Waals surface area (Å²) in [5.74, 6) is 0. The van der Waals surface area contributed by atoms with E-state index in [1.807, 2.05) is 30.6 Å². The summed E-state index contributed by atoms with van der Waals surface area (Å²) >= 11 is 0.194. The van der Waals surface area contributed by atoms with Gasteiger partial charge in [0.05, 0.1) is 22.5 Å². The zero-order chi connectivity index (χ0) is 16.5. The van der Waals surface area contributed by atoms with E-state index in [1.54, 1.807) is 0 Å². The average molecular weight is 372 g/mol. The fourth-order valence-electron chi connectivity index (χ4n) is 1.13. The Morgan fingerprint density at radius 1 is 0.905 bits per heavy atom. The Morgan fingerprint density at radius 2 is 1.24 bits per heavy atom. The molecule has 1 aromatic rings. The Balaban J connectivity index is 0.00000122. The number of halogens is 2. The van der Waals surface area contributed by atoms with E-state index in [0.717, 1.165) is 11.4 Å². The molecular weight excluding hydrogens is 349 g/mol. The fraction of sp³-hybridized carbons (Fsp3) is 0.533. The molecule has 0 atom stereocenters. The van der Waals surface area contributed by atoms with Gasteiger partial charge in [-0.05, 0) is 53.7 Å². The molecule has 0 aliphatic carbocycles. The number of nitrogens with zero attached hydrogens (tertiary/aromatic N) is 3. The standard InChI is InChI=1S/C15H23N3.2ClH.Fe/c1-14(2,3)16-10-12-8-7-9-13(18-12)11-17-15(4,5)6;;;/h7-11H,1-6H3;2*1H;/q;;;+2/p-2. The summed E-state index contributed by atoms with van der Waals surface area (Å²) in [6, 6.07) is 5.87. The van der Waals surface area contributed by atoms with Crippen molar-refractivity contribution in [2.24, 2.45) is 9.98 Å². The van der Waals surface area contributed by atoms with Gasteiger partial charge in [-0.3, -0.25) is 9.98 Å². The summed E-state index contributed by atoms with van der Waals surface area (Å²) in [6.45, 7) is 12.4. The molecule has 6 heteroatoms. The molecule has 0 bridgehead atoms. The maximum atomic E-state index is 4.76. The second kappa shape index (κ2) is 9.57. The van der Waals surface area contributed by atoms with Crippen LogP contribution in [0.1, 0.15) is 52.9 Å². The van der Waals surface area contributed by atoms with E-state index in [1.165, 1.54) is 0 Å². The van der Waals surface area contributed by atoms with Crippen LogP contribution in [0.25, 0.3) is 0 Å². The van der Waals surface area contributed by atoms with Crippen molar-refractivity contribution >= 4 is 32.6 Å². The summed E-state index contributed by atoms with van der Waals surface area (Å²) < 4.78 is 0. The molecule has 0 unspecified atom stereocenters. The van der Waals surface area contributed by atoms with Gasteiger partial charge in [-0.15, -0.1) is 0 Å². The van der Waals surface area contributed by atoms with Crippen LogP contribution in [0.5, 0.6) is 0 Å². The summed E-state index contributed by atoms with van der Waals surface area (Å²) in [4.78, 5) is 13.4. The number of hydrogen-bond donors (Lipinski definition) is 0. The van der Waals surface area contributed by atoms with Crippen LogP contribution >= 0.6 is 20.2 Å². The number of aromatic nitrogens is 1. The molecule has 0 amide bonds. The SMILES string of the molecule is CC(C)(C)N=Cc1cccc(C=NC(C)(C)C)n1.[Cl][Fe][Cl]. The molecular formula is C15H23Cl2FeN3. The Labute approximate surface area is 142 Å². The van der Waals surface area contributed by atoms with Crippen molar-refractivity contribution in [3.63, 3.8) is 0 Å². The third-order valence-corrected chi connectivity index (χ3v) is 1.96. The van der Waals surface area contributed by atoms with Crippen molar-refractivity contribution < 1.29 is 13.1 Å². The summed E-state index contributed by atoms with van der Waals surface area (Å²) in [5.41, 5.74) is 1.58. The van der Waals surface area contributed by atoms with Gasteiger partial charge in [0.1, 0.15) is 0 Å². The first-order valence-electron chi connectivity index (χ1n) is 6.50. The van der Waals surface area contributed by atoms with Crippen molar-refractivity contribution in [3.05, 3.63) is 29.6 Å². The van der Waals surface area contributed by atoms with Crippen LogP contribution in [0.4, 0.5) is 0 Å². The third kappa shape index (κ3) is 13.0. The number of hydrogen-bond acceptors (Lipinski definition) is 3. The number of aliphatic imine (C=N–C) groups is 2. The van der Waals surface area contributed by atoms with E-state index in [2.05, 4.69) is 56.5 Å². The van der Waals surface area contributed by atoms with Crippen LogP contribution in [-0.4, -0.2) is 28.5 Å². The van der Waals surface area contributed by atoms with E-state index in [9.17, 15) is 0 Å². The van der Waals surface area contributed by atoms with E-state index in [4.69, 9.17) is 20.2 Å². The first-order valence-corrected chi connectivity index (χ1v) is 9.54. The van der Waals surface area contributed by atoms with Crippen molar-refractivity contribution in [2.45, 2.75) is 52.6 Å². The minimum atomic E-state index is -0.0722. The van der Waals surface area contributed by atoms with Crippen LogP contribution in [0.15, 0.2) is 28.2 Å². The van der Waals surface area contributed by atoms with Crippen LogP contribution in [0, 0.1) is 0 Å². The number of pyridine rings is 1. The normalized spacial score (nSPS) is 12.8. The van der Waals surface area contributed by atoms with E-state index in [-0.39, 0.29) is 24.2 Å². The quantitative estimate of drug-likeness (QED) is 0.538. The Bertz CT molecular complexity index is 435. The van der Waals surface area contributed by atoms with E-state index in [0.29, 0.717) is 0 Å². The zero-order valence-electron chi connectivity index (χ0n) is 13.3. The predicted octanol–water partition coefficient (Wildman–Crippen LogP) is 4.89. The van der Waals surface area contributed by atoms with Gasteiger partial charge in [0.15, 0.2) is 0 Å². The van der Waals surface area contributed by atoms with E-state index >= 15 is 0 Å². The molecule has 1 heterocycles. The molecule has 0 radical (unpaired) electrons. The molecule has 0 aliphatic rings. The first-order chi connectivity index (χ1) is 9.57. The van der Waals surface area contributed by atoms with Gasteiger partial charge >= 0.3 is 33.3 Å². The van der Waals surface area contributed by atoms with Gasteiger partial charge in [0, 0.05) is 12.4 Å². The Hall–Kier alpha value is -0.411. The Kier molecular flexibility index (Phi) is 9.39. The van der Waals surface area contributed by atoms with Crippen LogP contribution < -0.4 is 0 Å². The maximum absolute atomic E-state index is 4.76. The number of rotatable bonds is 2. The van der Waals surface area contributed by atoms with Crippen molar-refractivity contribution in [1.82, 2.24) is 4.98 Å². The summed E-state index contributed by atoms with van der Waals surface area (Å²) in [5, 5.41) is 0. The second-order valence-electron chi connectivity index (χ2n) is 6.40. The molecule has 3 nitrogen and oxygen atoms in total. The molecule has 0 saturated carbocycles. The fourth-order valence-corrected chi connectivity index (χ4v) is 1.13. The van der Waals surface area contributed by atoms with Gasteiger partial charge in [0.2, 0.25) is 0 Å². The van der Waals surface area contributed by atoms with Crippen LogP contribution in [0.3, 0.4) is 0 Å². The van der Waals surface area contributed by atoms with Gasteiger partial charge in [-0.2, -0.15) is 0 Å². The topological polar surface area (TPSA) is 37.6 Å². The molecule has 0 aromatic carbocycles. The summed E-state index contributed by atoms with van der Waals surface area (Å²) in [6.07, 6.45) is 3.63. The van der Waals surface area contributed by atoms with Gasteiger partial charge in [0.25, 0.3) is 0 Å². The second-order valence-corrected chi connectivity index (χ2v) is 8.22. The van der Waals surface area contributed by atoms with Crippen LogP contribution in [0.2, 0.25) is 0 Å². The molecule has 21 heavy (non-hydrogen) atoms. The Morgan fingerprint density at radius 3 is 1.52 bits per heavy atom. The monoisotopic (exact) mass is 371 g/mol.